The number of halogens is 1. The topological polar surface area (TPSA) is 30.5 Å². The van der Waals surface area contributed by atoms with Crippen molar-refractivity contribution in [3.8, 4) is 0 Å². The van der Waals surface area contributed by atoms with Crippen molar-refractivity contribution in [1.29, 1.82) is 0 Å². The van der Waals surface area contributed by atoms with E-state index in [0.29, 0.717) is 6.61 Å². The van der Waals surface area contributed by atoms with Gasteiger partial charge in [-0.1, -0.05) is 30.4 Å². The third-order valence-electron chi connectivity index (χ3n) is 4.43. The first-order valence-electron chi connectivity index (χ1n) is 7.74. The summed E-state index contributed by atoms with van der Waals surface area (Å²) in [6, 6.07) is 6.65. The van der Waals surface area contributed by atoms with E-state index in [0.717, 1.165) is 37.1 Å². The van der Waals surface area contributed by atoms with Gasteiger partial charge in [0.2, 0.25) is 0 Å². The normalized spacial score (nSPS) is 27.9. The third kappa shape index (κ3) is 3.14. The maximum atomic E-state index is 13.6. The summed E-state index contributed by atoms with van der Waals surface area (Å²) in [5.74, 6) is -0.237. The zero-order valence-electron chi connectivity index (χ0n) is 12.8. The molecule has 1 aliphatic carbocycles. The summed E-state index contributed by atoms with van der Waals surface area (Å²) in [5, 5.41) is 3.30. The maximum Gasteiger partial charge on any atom is 0.123 e. The molecule has 3 nitrogen and oxygen atoms in total. The van der Waals surface area contributed by atoms with E-state index in [2.05, 4.69) is 11.4 Å². The molecule has 22 heavy (non-hydrogen) atoms. The zero-order valence-corrected chi connectivity index (χ0v) is 12.8. The SMILES string of the molecule is COC1(CO[C@H]2CCNC2)CC=CC=C1c1cccc(F)c1. The van der Waals surface area contributed by atoms with Crippen LogP contribution in [-0.2, 0) is 9.47 Å². The Morgan fingerprint density at radius 3 is 3.05 bits per heavy atom. The van der Waals surface area contributed by atoms with Gasteiger partial charge < -0.3 is 14.8 Å². The number of hydrogen-bond donors (Lipinski definition) is 1. The summed E-state index contributed by atoms with van der Waals surface area (Å²) >= 11 is 0. The minimum atomic E-state index is -0.550. The molecule has 118 valence electrons. The lowest BCUT2D eigenvalue weighted by Crippen LogP contribution is -2.40. The summed E-state index contributed by atoms with van der Waals surface area (Å²) in [6.45, 7) is 2.36. The van der Waals surface area contributed by atoms with Gasteiger partial charge in [-0.3, -0.25) is 0 Å². The van der Waals surface area contributed by atoms with Crippen molar-refractivity contribution >= 4 is 5.57 Å². The Morgan fingerprint density at radius 1 is 1.41 bits per heavy atom. The lowest BCUT2D eigenvalue weighted by atomic mass is 9.82. The van der Waals surface area contributed by atoms with Gasteiger partial charge in [0.05, 0.1) is 12.7 Å². The van der Waals surface area contributed by atoms with E-state index in [9.17, 15) is 4.39 Å². The van der Waals surface area contributed by atoms with Gasteiger partial charge in [-0.25, -0.2) is 4.39 Å². The van der Waals surface area contributed by atoms with Crippen LogP contribution < -0.4 is 5.32 Å². The minimum absolute atomic E-state index is 0.228. The van der Waals surface area contributed by atoms with Crippen LogP contribution in [0.1, 0.15) is 18.4 Å². The van der Waals surface area contributed by atoms with E-state index >= 15 is 0 Å². The second-order valence-corrected chi connectivity index (χ2v) is 5.85. The molecule has 1 saturated heterocycles. The van der Waals surface area contributed by atoms with Crippen molar-refractivity contribution in [2.24, 2.45) is 0 Å². The number of nitrogens with one attached hydrogen (secondary N) is 1. The molecule has 0 spiro atoms. The fourth-order valence-corrected chi connectivity index (χ4v) is 3.11. The predicted molar refractivity (Wildman–Crippen MR) is 85.1 cm³/mol. The smallest absolute Gasteiger partial charge is 0.123 e. The average molecular weight is 303 g/mol. The maximum absolute atomic E-state index is 13.6. The molecule has 4 heteroatoms. The van der Waals surface area contributed by atoms with Crippen molar-refractivity contribution in [3.05, 3.63) is 53.9 Å². The second kappa shape index (κ2) is 6.73. The Bertz CT molecular complexity index is 578. The Balaban J connectivity index is 1.84. The fraction of sp³-hybridized carbons (Fsp3) is 0.444. The van der Waals surface area contributed by atoms with Gasteiger partial charge in [-0.2, -0.15) is 0 Å². The monoisotopic (exact) mass is 303 g/mol. The van der Waals surface area contributed by atoms with Crippen LogP contribution in [-0.4, -0.2) is 38.5 Å². The van der Waals surface area contributed by atoms with Gasteiger partial charge in [0.15, 0.2) is 0 Å². The molecule has 0 amide bonds. The number of ether oxygens (including phenoxy) is 2. The molecule has 0 radical (unpaired) electrons. The van der Waals surface area contributed by atoms with Crippen molar-refractivity contribution in [1.82, 2.24) is 5.32 Å². The molecule has 3 rings (SSSR count). The Hall–Kier alpha value is -1.49. The minimum Gasteiger partial charge on any atom is -0.373 e. The molecule has 2 aliphatic rings. The van der Waals surface area contributed by atoms with E-state index in [1.165, 1.54) is 6.07 Å². The highest BCUT2D eigenvalue weighted by molar-refractivity contribution is 5.75. The number of rotatable bonds is 5. The van der Waals surface area contributed by atoms with Gasteiger partial charge in [-0.05, 0) is 36.2 Å². The summed E-state index contributed by atoms with van der Waals surface area (Å²) in [6.07, 6.45) is 8.04. The van der Waals surface area contributed by atoms with E-state index in [-0.39, 0.29) is 11.9 Å². The van der Waals surface area contributed by atoms with E-state index < -0.39 is 5.60 Å². The third-order valence-corrected chi connectivity index (χ3v) is 4.43. The van der Waals surface area contributed by atoms with E-state index in [1.54, 1.807) is 19.2 Å². The van der Waals surface area contributed by atoms with Crippen molar-refractivity contribution < 1.29 is 13.9 Å². The Labute approximate surface area is 130 Å². The molecule has 1 unspecified atom stereocenters. The molecule has 1 aliphatic heterocycles. The lowest BCUT2D eigenvalue weighted by molar-refractivity contribution is -0.0566. The number of hydrogen-bond acceptors (Lipinski definition) is 3. The predicted octanol–water partition coefficient (Wildman–Crippen LogP) is 2.93. The number of allylic oxidation sites excluding steroid dienone is 2. The lowest BCUT2D eigenvalue weighted by Gasteiger charge is -2.36. The molecule has 1 N–H and O–H groups in total. The van der Waals surface area contributed by atoms with Crippen LogP contribution in [0.15, 0.2) is 42.5 Å². The molecule has 1 aromatic carbocycles. The number of benzene rings is 1. The van der Waals surface area contributed by atoms with Gasteiger partial charge in [0.25, 0.3) is 0 Å². The summed E-state index contributed by atoms with van der Waals surface area (Å²) < 4.78 is 25.5. The number of methoxy groups -OCH3 is 1. The molecule has 0 bridgehead atoms. The van der Waals surface area contributed by atoms with Crippen LogP contribution >= 0.6 is 0 Å². The Kier molecular flexibility index (Phi) is 4.71. The zero-order chi connectivity index (χ0) is 15.4. The molecule has 1 fully saturated rings. The highest BCUT2D eigenvalue weighted by atomic mass is 19.1. The van der Waals surface area contributed by atoms with Crippen LogP contribution in [0.3, 0.4) is 0 Å². The molecule has 0 saturated carbocycles. The van der Waals surface area contributed by atoms with Crippen LogP contribution in [0.4, 0.5) is 4.39 Å². The highest BCUT2D eigenvalue weighted by Gasteiger charge is 2.37. The first-order valence-corrected chi connectivity index (χ1v) is 7.74. The molecule has 0 aromatic heterocycles. The van der Waals surface area contributed by atoms with Crippen LogP contribution in [0.25, 0.3) is 5.57 Å². The molecule has 2 atom stereocenters. The standard InChI is InChI=1S/C18H22FNO2/c1-21-18(13-22-16-8-10-20-12-16)9-3-2-7-17(18)14-5-4-6-15(19)11-14/h2-7,11,16,20H,8-10,12-13H2,1H3/t16-,18?/m0/s1. The van der Waals surface area contributed by atoms with Gasteiger partial charge >= 0.3 is 0 Å². The molecular weight excluding hydrogens is 281 g/mol. The van der Waals surface area contributed by atoms with Crippen LogP contribution in [0.2, 0.25) is 0 Å². The quantitative estimate of drug-likeness (QED) is 0.907. The largest absolute Gasteiger partial charge is 0.373 e. The van der Waals surface area contributed by atoms with Gasteiger partial charge in [0.1, 0.15) is 11.4 Å². The summed E-state index contributed by atoms with van der Waals surface area (Å²) in [7, 11) is 1.70. The molecular formula is C18H22FNO2. The van der Waals surface area contributed by atoms with Crippen LogP contribution in [0.5, 0.6) is 0 Å². The molecule has 1 aromatic rings. The summed E-state index contributed by atoms with van der Waals surface area (Å²) in [4.78, 5) is 0. The first kappa shape index (κ1) is 15.4. The van der Waals surface area contributed by atoms with Crippen LogP contribution in [0, 0.1) is 5.82 Å². The van der Waals surface area contributed by atoms with E-state index in [4.69, 9.17) is 9.47 Å². The van der Waals surface area contributed by atoms with Crippen molar-refractivity contribution in [3.63, 3.8) is 0 Å². The highest BCUT2D eigenvalue weighted by Crippen LogP contribution is 2.37. The van der Waals surface area contributed by atoms with Gasteiger partial charge in [-0.15, -0.1) is 0 Å². The Morgan fingerprint density at radius 2 is 2.32 bits per heavy atom. The fourth-order valence-electron chi connectivity index (χ4n) is 3.11. The first-order chi connectivity index (χ1) is 10.7. The molecule has 1 heterocycles. The summed E-state index contributed by atoms with van der Waals surface area (Å²) in [5.41, 5.74) is 1.27. The van der Waals surface area contributed by atoms with E-state index in [1.807, 2.05) is 18.2 Å². The second-order valence-electron chi connectivity index (χ2n) is 5.85. The van der Waals surface area contributed by atoms with Gasteiger partial charge in [0, 0.05) is 20.1 Å². The van der Waals surface area contributed by atoms with Crippen molar-refractivity contribution in [2.75, 3.05) is 26.8 Å². The van der Waals surface area contributed by atoms with Crippen molar-refractivity contribution in [2.45, 2.75) is 24.5 Å². The average Bonchev–Trinajstić information content (AvgIpc) is 3.07.